The summed E-state index contributed by atoms with van der Waals surface area (Å²) >= 11 is 0. The second-order valence-electron chi connectivity index (χ2n) is 3.56. The molecular formula is C12H13FN4O2. The van der Waals surface area contributed by atoms with Gasteiger partial charge in [0.05, 0.1) is 0 Å². The number of para-hydroxylation sites is 1. The highest BCUT2D eigenvalue weighted by atomic mass is 19.1. The molecule has 19 heavy (non-hydrogen) atoms. The van der Waals surface area contributed by atoms with E-state index in [1.807, 2.05) is 6.92 Å². The molecule has 0 saturated carbocycles. The zero-order valence-electron chi connectivity index (χ0n) is 10.3. The summed E-state index contributed by atoms with van der Waals surface area (Å²) in [5, 5.41) is 24.3. The SMILES string of the molecule is CCCNC(=O)C(C#N)=NN(O)c1ccccc1F. The van der Waals surface area contributed by atoms with Gasteiger partial charge in [-0.05, 0) is 18.6 Å². The molecule has 0 radical (unpaired) electrons. The maximum atomic E-state index is 13.3. The van der Waals surface area contributed by atoms with E-state index in [1.165, 1.54) is 18.2 Å². The number of hydrogen-bond acceptors (Lipinski definition) is 5. The molecular weight excluding hydrogens is 251 g/mol. The summed E-state index contributed by atoms with van der Waals surface area (Å²) in [7, 11) is 0. The fourth-order valence-corrected chi connectivity index (χ4v) is 1.20. The minimum Gasteiger partial charge on any atom is -0.350 e. The zero-order valence-corrected chi connectivity index (χ0v) is 10.3. The van der Waals surface area contributed by atoms with E-state index in [0.717, 1.165) is 6.07 Å². The molecule has 1 aromatic carbocycles. The van der Waals surface area contributed by atoms with Gasteiger partial charge in [0, 0.05) is 6.54 Å². The fraction of sp³-hybridized carbons (Fsp3) is 0.250. The van der Waals surface area contributed by atoms with Crippen LogP contribution < -0.4 is 10.5 Å². The molecule has 7 heteroatoms. The first-order chi connectivity index (χ1) is 9.10. The molecule has 1 rings (SSSR count). The first-order valence-electron chi connectivity index (χ1n) is 5.60. The van der Waals surface area contributed by atoms with Crippen molar-refractivity contribution in [3.63, 3.8) is 0 Å². The van der Waals surface area contributed by atoms with Gasteiger partial charge in [0.15, 0.2) is 5.82 Å². The van der Waals surface area contributed by atoms with Crippen molar-refractivity contribution in [2.75, 3.05) is 11.7 Å². The van der Waals surface area contributed by atoms with Crippen LogP contribution in [-0.2, 0) is 4.79 Å². The van der Waals surface area contributed by atoms with Crippen molar-refractivity contribution in [3.8, 4) is 6.07 Å². The number of carbonyl (C=O) groups is 1. The number of hydrogen-bond donors (Lipinski definition) is 2. The lowest BCUT2D eigenvalue weighted by molar-refractivity contribution is -0.114. The van der Waals surface area contributed by atoms with Gasteiger partial charge in [-0.15, -0.1) is 10.3 Å². The maximum absolute atomic E-state index is 13.3. The number of nitrogens with one attached hydrogen (secondary N) is 1. The maximum Gasteiger partial charge on any atom is 0.282 e. The number of rotatable bonds is 5. The molecule has 0 atom stereocenters. The summed E-state index contributed by atoms with van der Waals surface area (Å²) < 4.78 is 13.3. The van der Waals surface area contributed by atoms with Crippen LogP contribution in [0.3, 0.4) is 0 Å². The van der Waals surface area contributed by atoms with E-state index < -0.39 is 17.4 Å². The predicted molar refractivity (Wildman–Crippen MR) is 67.0 cm³/mol. The number of halogens is 1. The van der Waals surface area contributed by atoms with E-state index in [4.69, 9.17) is 5.26 Å². The highest BCUT2D eigenvalue weighted by molar-refractivity contribution is 6.45. The first kappa shape index (κ1) is 14.6. The van der Waals surface area contributed by atoms with Gasteiger partial charge in [0.1, 0.15) is 11.8 Å². The molecule has 0 unspecified atom stereocenters. The van der Waals surface area contributed by atoms with Crippen LogP contribution >= 0.6 is 0 Å². The number of nitrogens with zero attached hydrogens (tertiary/aromatic N) is 3. The number of anilines is 1. The third kappa shape index (κ3) is 4.04. The van der Waals surface area contributed by atoms with E-state index in [1.54, 1.807) is 6.07 Å². The monoisotopic (exact) mass is 264 g/mol. The second kappa shape index (κ2) is 7.08. The van der Waals surface area contributed by atoms with E-state index in [9.17, 15) is 14.4 Å². The number of hydrazone groups is 1. The van der Waals surface area contributed by atoms with Crippen LogP contribution in [0.5, 0.6) is 0 Å². The van der Waals surface area contributed by atoms with Gasteiger partial charge in [-0.3, -0.25) is 10.0 Å². The topological polar surface area (TPSA) is 88.7 Å². The summed E-state index contributed by atoms with van der Waals surface area (Å²) in [4.78, 5) is 11.5. The largest absolute Gasteiger partial charge is 0.350 e. The Bertz CT molecular complexity index is 525. The van der Waals surface area contributed by atoms with Crippen LogP contribution in [0.1, 0.15) is 13.3 Å². The molecule has 6 nitrogen and oxygen atoms in total. The standard InChI is InChI=1S/C12H13FN4O2/c1-2-7-15-12(18)10(8-14)16-17(19)11-6-4-3-5-9(11)13/h3-6,19H,2,7H2,1H3,(H,15,18). The van der Waals surface area contributed by atoms with Crippen molar-refractivity contribution >= 4 is 17.3 Å². The quantitative estimate of drug-likeness (QED) is 0.622. The minimum atomic E-state index is -0.722. The van der Waals surface area contributed by atoms with Gasteiger partial charge in [-0.1, -0.05) is 19.1 Å². The average Bonchev–Trinajstić information content (AvgIpc) is 2.42. The summed E-state index contributed by atoms with van der Waals surface area (Å²) in [5.74, 6) is -1.44. The lowest BCUT2D eigenvalue weighted by Crippen LogP contribution is -2.32. The third-order valence-corrected chi connectivity index (χ3v) is 2.12. The second-order valence-corrected chi connectivity index (χ2v) is 3.56. The molecule has 1 amide bonds. The summed E-state index contributed by atoms with van der Waals surface area (Å²) in [6, 6.07) is 6.86. The van der Waals surface area contributed by atoms with Crippen molar-refractivity contribution in [2.24, 2.45) is 5.10 Å². The summed E-state index contributed by atoms with van der Waals surface area (Å²) in [6.45, 7) is 2.23. The van der Waals surface area contributed by atoms with Gasteiger partial charge in [0.25, 0.3) is 5.91 Å². The summed E-state index contributed by atoms with van der Waals surface area (Å²) in [5.41, 5.74) is -0.808. The molecule has 0 aliphatic rings. The molecule has 0 aliphatic heterocycles. The van der Waals surface area contributed by atoms with Gasteiger partial charge in [0.2, 0.25) is 5.71 Å². The fourth-order valence-electron chi connectivity index (χ4n) is 1.20. The Labute approximate surface area is 109 Å². The lowest BCUT2D eigenvalue weighted by Gasteiger charge is -2.11. The van der Waals surface area contributed by atoms with Gasteiger partial charge in [-0.2, -0.15) is 5.26 Å². The van der Waals surface area contributed by atoms with Crippen molar-refractivity contribution < 1.29 is 14.4 Å². The average molecular weight is 264 g/mol. The molecule has 0 bridgehead atoms. The highest BCUT2D eigenvalue weighted by Crippen LogP contribution is 2.16. The Hall–Kier alpha value is -2.46. The van der Waals surface area contributed by atoms with Crippen LogP contribution in [0, 0.1) is 17.1 Å². The minimum absolute atomic E-state index is 0.166. The zero-order chi connectivity index (χ0) is 14.3. The van der Waals surface area contributed by atoms with Crippen LogP contribution in [0.2, 0.25) is 0 Å². The molecule has 2 N–H and O–H groups in total. The van der Waals surface area contributed by atoms with E-state index in [2.05, 4.69) is 10.4 Å². The van der Waals surface area contributed by atoms with E-state index in [0.29, 0.717) is 13.0 Å². The van der Waals surface area contributed by atoms with Gasteiger partial charge >= 0.3 is 0 Å². The van der Waals surface area contributed by atoms with E-state index >= 15 is 0 Å². The number of nitriles is 1. The number of benzene rings is 1. The first-order valence-corrected chi connectivity index (χ1v) is 5.60. The van der Waals surface area contributed by atoms with Gasteiger partial charge in [-0.25, -0.2) is 4.39 Å². The van der Waals surface area contributed by atoms with Crippen LogP contribution in [-0.4, -0.2) is 23.4 Å². The van der Waals surface area contributed by atoms with Crippen molar-refractivity contribution in [1.82, 2.24) is 5.32 Å². The predicted octanol–water partition coefficient (Wildman–Crippen LogP) is 1.43. The smallest absolute Gasteiger partial charge is 0.282 e. The Kier molecular flexibility index (Phi) is 5.44. The molecule has 0 saturated heterocycles. The van der Waals surface area contributed by atoms with Crippen LogP contribution in [0.15, 0.2) is 29.4 Å². The molecule has 0 aliphatic carbocycles. The Morgan fingerprint density at radius 3 is 2.84 bits per heavy atom. The van der Waals surface area contributed by atoms with Crippen molar-refractivity contribution in [3.05, 3.63) is 30.1 Å². The normalized spacial score (nSPS) is 10.7. The summed E-state index contributed by atoms with van der Waals surface area (Å²) in [6.07, 6.45) is 0.695. The molecule has 0 aromatic heterocycles. The third-order valence-electron chi connectivity index (χ3n) is 2.12. The number of carbonyl (C=O) groups excluding carboxylic acids is 1. The van der Waals surface area contributed by atoms with E-state index in [-0.39, 0.29) is 10.9 Å². The Morgan fingerprint density at radius 1 is 1.58 bits per heavy atom. The Balaban J connectivity index is 2.90. The van der Waals surface area contributed by atoms with Crippen molar-refractivity contribution in [1.29, 1.82) is 5.26 Å². The van der Waals surface area contributed by atoms with Crippen LogP contribution in [0.4, 0.5) is 10.1 Å². The van der Waals surface area contributed by atoms with Crippen molar-refractivity contribution in [2.45, 2.75) is 13.3 Å². The van der Waals surface area contributed by atoms with Crippen LogP contribution in [0.25, 0.3) is 0 Å². The molecule has 100 valence electrons. The van der Waals surface area contributed by atoms with Gasteiger partial charge < -0.3 is 5.32 Å². The Morgan fingerprint density at radius 2 is 2.26 bits per heavy atom. The highest BCUT2D eigenvalue weighted by Gasteiger charge is 2.14. The molecule has 1 aromatic rings. The lowest BCUT2D eigenvalue weighted by atomic mass is 10.3. The molecule has 0 heterocycles. The number of amides is 1. The molecule has 0 spiro atoms. The molecule has 0 fully saturated rings.